The minimum absolute atomic E-state index is 0.211. The van der Waals surface area contributed by atoms with Gasteiger partial charge in [-0.05, 0) is 105 Å². The third kappa shape index (κ3) is 6.71. The predicted octanol–water partition coefficient (Wildman–Crippen LogP) is 7.83. The van der Waals surface area contributed by atoms with Crippen LogP contribution in [-0.4, -0.2) is 78.7 Å². The number of aromatic nitrogens is 2. The number of aryl methyl sites for hydroxylation is 1. The number of rotatable bonds is 7. The number of halogens is 1. The van der Waals surface area contributed by atoms with Gasteiger partial charge in [-0.3, -0.25) is 15.0 Å². The highest BCUT2D eigenvalue weighted by Gasteiger charge is 2.30. The SMILES string of the molecule is Cc1cc2c(N3CCC(=O)NC3=O)cccc2n1C1CCN(CC2CCN(c3ccc(C4CCN(c5ccc(F)c6c(C#N)c[nH]c56)CC4)cc3)CC2)CC1. The van der Waals surface area contributed by atoms with E-state index in [0.717, 1.165) is 87.6 Å². The van der Waals surface area contributed by atoms with Crippen LogP contribution in [0.5, 0.6) is 0 Å². The quantitative estimate of drug-likeness (QED) is 0.176. The van der Waals surface area contributed by atoms with Crippen molar-refractivity contribution in [3.05, 3.63) is 89.5 Å². The first-order chi connectivity index (χ1) is 26.8. The maximum absolute atomic E-state index is 14.5. The number of carbonyl (C=O) groups excluding carboxylic acids is 2. The van der Waals surface area contributed by atoms with Gasteiger partial charge in [0.05, 0.1) is 33.4 Å². The molecule has 55 heavy (non-hydrogen) atoms. The van der Waals surface area contributed by atoms with Gasteiger partial charge in [0.15, 0.2) is 0 Å². The van der Waals surface area contributed by atoms with Gasteiger partial charge in [-0.2, -0.15) is 5.26 Å². The van der Waals surface area contributed by atoms with E-state index < -0.39 is 0 Å². The van der Waals surface area contributed by atoms with Gasteiger partial charge in [0, 0.05) is 87.8 Å². The van der Waals surface area contributed by atoms with E-state index in [1.54, 1.807) is 11.1 Å². The lowest BCUT2D eigenvalue weighted by molar-refractivity contribution is -0.120. The highest BCUT2D eigenvalue weighted by Crippen LogP contribution is 2.38. The van der Waals surface area contributed by atoms with Gasteiger partial charge >= 0.3 is 6.03 Å². The number of likely N-dealkylation sites (tertiary alicyclic amines) is 1. The molecular weight excluding hydrogens is 692 g/mol. The van der Waals surface area contributed by atoms with Gasteiger partial charge < -0.3 is 24.3 Å². The van der Waals surface area contributed by atoms with Gasteiger partial charge in [-0.15, -0.1) is 0 Å². The molecule has 4 fully saturated rings. The molecule has 10 nitrogen and oxygen atoms in total. The Hall–Kier alpha value is -5.34. The summed E-state index contributed by atoms with van der Waals surface area (Å²) in [5.41, 5.74) is 8.02. The van der Waals surface area contributed by atoms with Crippen LogP contribution in [0.3, 0.4) is 0 Å². The van der Waals surface area contributed by atoms with Crippen molar-refractivity contribution in [1.29, 1.82) is 5.26 Å². The lowest BCUT2D eigenvalue weighted by Gasteiger charge is -2.39. The number of piperidine rings is 3. The van der Waals surface area contributed by atoms with Crippen LogP contribution in [0, 0.1) is 30.0 Å². The molecule has 4 saturated heterocycles. The molecule has 2 N–H and O–H groups in total. The lowest BCUT2D eigenvalue weighted by Crippen LogP contribution is -2.49. The van der Waals surface area contributed by atoms with Gasteiger partial charge in [0.1, 0.15) is 11.9 Å². The number of hydrogen-bond acceptors (Lipinski definition) is 6. The van der Waals surface area contributed by atoms with E-state index >= 15 is 0 Å². The fourth-order valence-electron chi connectivity index (χ4n) is 9.94. The topological polar surface area (TPSA) is 104 Å². The zero-order valence-corrected chi connectivity index (χ0v) is 31.6. The summed E-state index contributed by atoms with van der Waals surface area (Å²) in [7, 11) is 0. The first kappa shape index (κ1) is 35.4. The van der Waals surface area contributed by atoms with E-state index in [-0.39, 0.29) is 17.8 Å². The zero-order valence-electron chi connectivity index (χ0n) is 31.6. The predicted molar refractivity (Wildman–Crippen MR) is 215 cm³/mol. The number of imide groups is 1. The van der Waals surface area contributed by atoms with Crippen molar-refractivity contribution >= 4 is 50.8 Å². The summed E-state index contributed by atoms with van der Waals surface area (Å²) in [5, 5.41) is 13.4. The number of hydrogen-bond donors (Lipinski definition) is 2. The van der Waals surface area contributed by atoms with E-state index in [0.29, 0.717) is 41.4 Å². The lowest BCUT2D eigenvalue weighted by atomic mass is 9.88. The molecule has 5 aromatic rings. The Morgan fingerprint density at radius 2 is 1.58 bits per heavy atom. The van der Waals surface area contributed by atoms with Crippen LogP contribution in [0.1, 0.15) is 73.7 Å². The van der Waals surface area contributed by atoms with E-state index in [9.17, 15) is 19.2 Å². The number of benzene rings is 3. The van der Waals surface area contributed by atoms with Crippen molar-refractivity contribution in [1.82, 2.24) is 19.8 Å². The average Bonchev–Trinajstić information content (AvgIpc) is 3.80. The normalized spacial score (nSPS) is 19.8. The zero-order chi connectivity index (χ0) is 37.6. The van der Waals surface area contributed by atoms with E-state index in [1.165, 1.54) is 47.9 Å². The minimum Gasteiger partial charge on any atom is -0.372 e. The number of nitrogens with one attached hydrogen (secondary N) is 2. The second-order valence-electron chi connectivity index (χ2n) is 16.1. The molecule has 0 radical (unpaired) electrons. The fourth-order valence-corrected chi connectivity index (χ4v) is 9.94. The molecule has 6 heterocycles. The molecule has 0 aliphatic carbocycles. The maximum atomic E-state index is 14.5. The number of nitrogens with zero attached hydrogens (tertiary/aromatic N) is 6. The van der Waals surface area contributed by atoms with Crippen LogP contribution < -0.4 is 20.0 Å². The number of anilines is 3. The molecule has 0 spiro atoms. The Morgan fingerprint density at radius 1 is 0.836 bits per heavy atom. The van der Waals surface area contributed by atoms with Crippen LogP contribution >= 0.6 is 0 Å². The van der Waals surface area contributed by atoms with Gasteiger partial charge in [-0.25, -0.2) is 9.18 Å². The number of aromatic amines is 1. The second kappa shape index (κ2) is 14.7. The van der Waals surface area contributed by atoms with Crippen molar-refractivity contribution < 1.29 is 14.0 Å². The maximum Gasteiger partial charge on any atom is 0.328 e. The molecule has 9 rings (SSSR count). The summed E-state index contributed by atoms with van der Waals surface area (Å²) in [6.07, 6.45) is 8.67. The molecule has 4 aliphatic rings. The standard InChI is InChI=1S/C44H49FN8O2/c1-29-25-36-38(52-24-17-41(54)48-44(52)55)3-2-4-39(36)53(29)35-15-18-49(19-16-35)28-30-11-20-50(21-12-30)34-7-5-31(6-8-34)32-13-22-51(23-14-32)40-10-9-37(45)42-33(26-46)27-47-43(40)42/h2-10,25,27,30,32,35,47H,11-24,28H2,1H3,(H,48,54,55). The third-order valence-electron chi connectivity index (χ3n) is 12.9. The number of carbonyl (C=O) groups is 2. The molecule has 3 amide bonds. The van der Waals surface area contributed by atoms with E-state index in [2.05, 4.69) is 79.0 Å². The number of amides is 3. The Bertz CT molecular complexity index is 2260. The molecule has 11 heteroatoms. The Labute approximate surface area is 321 Å². The molecule has 2 aromatic heterocycles. The largest absolute Gasteiger partial charge is 0.372 e. The molecule has 284 valence electrons. The number of H-pyrrole nitrogens is 1. The van der Waals surface area contributed by atoms with Crippen molar-refractivity contribution in [2.24, 2.45) is 5.92 Å². The van der Waals surface area contributed by atoms with E-state index in [1.807, 2.05) is 18.2 Å². The van der Waals surface area contributed by atoms with Crippen LogP contribution in [-0.2, 0) is 4.79 Å². The van der Waals surface area contributed by atoms with Gasteiger partial charge in [-0.1, -0.05) is 18.2 Å². The Balaban J connectivity index is 0.753. The fraction of sp³-hybridized carbons (Fsp3) is 0.432. The number of urea groups is 1. The monoisotopic (exact) mass is 740 g/mol. The highest BCUT2D eigenvalue weighted by atomic mass is 19.1. The summed E-state index contributed by atoms with van der Waals surface area (Å²) in [6.45, 7) is 9.93. The summed E-state index contributed by atoms with van der Waals surface area (Å²) >= 11 is 0. The summed E-state index contributed by atoms with van der Waals surface area (Å²) in [5.74, 6) is 0.658. The van der Waals surface area contributed by atoms with Crippen LogP contribution in [0.25, 0.3) is 21.8 Å². The van der Waals surface area contributed by atoms with Gasteiger partial charge in [0.25, 0.3) is 0 Å². The van der Waals surface area contributed by atoms with Crippen molar-refractivity contribution in [2.75, 3.05) is 67.1 Å². The first-order valence-electron chi connectivity index (χ1n) is 20.1. The van der Waals surface area contributed by atoms with E-state index in [4.69, 9.17) is 0 Å². The first-order valence-corrected chi connectivity index (χ1v) is 20.1. The number of fused-ring (bicyclic) bond motifs is 2. The molecule has 0 bridgehead atoms. The van der Waals surface area contributed by atoms with Crippen molar-refractivity contribution in [3.8, 4) is 6.07 Å². The van der Waals surface area contributed by atoms with Crippen LogP contribution in [0.2, 0.25) is 0 Å². The molecular formula is C44H49FN8O2. The Morgan fingerprint density at radius 3 is 2.31 bits per heavy atom. The number of nitriles is 1. The summed E-state index contributed by atoms with van der Waals surface area (Å²) < 4.78 is 17.0. The van der Waals surface area contributed by atoms with Crippen LogP contribution in [0.4, 0.5) is 26.2 Å². The van der Waals surface area contributed by atoms with Crippen molar-refractivity contribution in [3.63, 3.8) is 0 Å². The molecule has 0 atom stereocenters. The third-order valence-corrected chi connectivity index (χ3v) is 12.9. The molecule has 4 aliphatic heterocycles. The Kier molecular flexibility index (Phi) is 9.46. The molecule has 3 aromatic carbocycles. The smallest absolute Gasteiger partial charge is 0.328 e. The summed E-state index contributed by atoms with van der Waals surface area (Å²) in [6, 6.07) is 23.2. The second-order valence-corrected chi connectivity index (χ2v) is 16.1. The van der Waals surface area contributed by atoms with Gasteiger partial charge in [0.2, 0.25) is 5.91 Å². The molecule has 0 saturated carbocycles. The average molecular weight is 741 g/mol. The van der Waals surface area contributed by atoms with Crippen LogP contribution in [0.15, 0.2) is 66.9 Å². The van der Waals surface area contributed by atoms with Crippen molar-refractivity contribution in [2.45, 2.75) is 63.8 Å². The summed E-state index contributed by atoms with van der Waals surface area (Å²) in [4.78, 5) is 36.8. The highest BCUT2D eigenvalue weighted by molar-refractivity contribution is 6.09. The molecule has 0 unspecified atom stereocenters. The minimum atomic E-state index is -0.352.